The van der Waals surface area contributed by atoms with Gasteiger partial charge < -0.3 is 14.4 Å². The summed E-state index contributed by atoms with van der Waals surface area (Å²) in [4.78, 5) is 4.98. The van der Waals surface area contributed by atoms with Gasteiger partial charge in [0.1, 0.15) is 0 Å². The first-order chi connectivity index (χ1) is 33.8. The van der Waals surface area contributed by atoms with Crippen LogP contribution >= 0.6 is 0 Å². The van der Waals surface area contributed by atoms with Crippen LogP contribution in [0.15, 0.2) is 261 Å². The molecule has 11 aromatic carbocycles. The monoisotopic (exact) mass is 865 g/mol. The van der Waals surface area contributed by atoms with E-state index in [0.29, 0.717) is 0 Å². The molecule has 0 fully saturated rings. The van der Waals surface area contributed by atoms with Gasteiger partial charge in [-0.15, -0.1) is 0 Å². The molecule has 1 unspecified atom stereocenters. The summed E-state index contributed by atoms with van der Waals surface area (Å²) in [6, 6.07) is 96.3. The van der Waals surface area contributed by atoms with Gasteiger partial charge in [-0.25, -0.2) is 0 Å². The van der Waals surface area contributed by atoms with Crippen LogP contribution in [-0.4, -0.2) is 4.57 Å². The molecule has 3 heteroatoms. The minimum absolute atomic E-state index is 0.695. The Bertz CT molecular complexity index is 3870. The van der Waals surface area contributed by atoms with E-state index >= 15 is 0 Å². The van der Waals surface area contributed by atoms with Gasteiger partial charge in [-0.3, -0.25) is 0 Å². The lowest BCUT2D eigenvalue weighted by molar-refractivity contribution is 0.793. The van der Waals surface area contributed by atoms with Crippen LogP contribution < -0.4 is 9.80 Å². The summed E-state index contributed by atoms with van der Waals surface area (Å²) < 4.78 is 2.47. The molecule has 318 valence electrons. The fourth-order valence-electron chi connectivity index (χ4n) is 11.9. The maximum absolute atomic E-state index is 2.57. The van der Waals surface area contributed by atoms with Crippen molar-refractivity contribution in [1.29, 1.82) is 0 Å². The van der Waals surface area contributed by atoms with Crippen LogP contribution in [0, 0.1) is 0 Å². The molecular formula is C65H43N3. The molecule has 68 heavy (non-hydrogen) atoms. The minimum Gasteiger partial charge on any atom is -0.310 e. The van der Waals surface area contributed by atoms with Crippen LogP contribution in [0.25, 0.3) is 60.5 Å². The summed E-state index contributed by atoms with van der Waals surface area (Å²) in [5.74, 6) is 0. The number of aromatic nitrogens is 1. The lowest BCUT2D eigenvalue weighted by Gasteiger charge is -2.37. The van der Waals surface area contributed by atoms with E-state index in [9.17, 15) is 0 Å². The fourth-order valence-corrected chi connectivity index (χ4v) is 11.9. The largest absolute Gasteiger partial charge is 0.310 e. The van der Waals surface area contributed by atoms with Crippen LogP contribution in [0.3, 0.4) is 0 Å². The second kappa shape index (κ2) is 15.1. The zero-order valence-corrected chi connectivity index (χ0v) is 37.2. The maximum atomic E-state index is 2.57. The van der Waals surface area contributed by atoms with Crippen molar-refractivity contribution in [3.05, 3.63) is 283 Å². The molecule has 12 aromatic rings. The van der Waals surface area contributed by atoms with Gasteiger partial charge in [-0.05, 0) is 129 Å². The van der Waals surface area contributed by atoms with Crippen molar-refractivity contribution < 1.29 is 0 Å². The summed E-state index contributed by atoms with van der Waals surface area (Å²) in [7, 11) is 0. The molecule has 0 amide bonds. The molecule has 2 aliphatic carbocycles. The molecule has 1 atom stereocenters. The number of anilines is 6. The predicted molar refractivity (Wildman–Crippen MR) is 284 cm³/mol. The summed E-state index contributed by atoms with van der Waals surface area (Å²) in [6.45, 7) is 0. The van der Waals surface area contributed by atoms with Crippen molar-refractivity contribution in [3.8, 4) is 27.9 Å². The van der Waals surface area contributed by atoms with E-state index in [0.717, 1.165) is 45.3 Å². The van der Waals surface area contributed by atoms with E-state index in [1.54, 1.807) is 0 Å². The summed E-state index contributed by atoms with van der Waals surface area (Å²) in [6.07, 6.45) is 0. The third-order valence-electron chi connectivity index (χ3n) is 14.5. The van der Waals surface area contributed by atoms with Gasteiger partial charge in [0, 0.05) is 44.8 Å². The zero-order chi connectivity index (χ0) is 44.8. The first-order valence-corrected chi connectivity index (χ1v) is 23.5. The Hall–Kier alpha value is -8.92. The number of hydrogen-bond acceptors (Lipinski definition) is 2. The molecule has 1 aromatic heterocycles. The molecule has 0 bridgehead atoms. The van der Waals surface area contributed by atoms with E-state index in [1.165, 1.54) is 71.6 Å². The quantitative estimate of drug-likeness (QED) is 0.158. The van der Waals surface area contributed by atoms with Gasteiger partial charge in [0.05, 0.1) is 27.8 Å². The van der Waals surface area contributed by atoms with Crippen molar-refractivity contribution in [2.75, 3.05) is 9.80 Å². The summed E-state index contributed by atoms with van der Waals surface area (Å²) in [5, 5.41) is 4.88. The second-order valence-electron chi connectivity index (χ2n) is 18.0. The number of benzene rings is 11. The molecule has 0 saturated heterocycles. The fraction of sp³-hybridized carbons (Fsp3) is 0.0154. The average Bonchev–Trinajstić information content (AvgIpc) is 4.03. The Labute approximate surface area is 395 Å². The third kappa shape index (κ3) is 5.41. The van der Waals surface area contributed by atoms with Crippen molar-refractivity contribution in [3.63, 3.8) is 0 Å². The standard InChI is InChI=1S/C65H43N3/c1-5-23-45(24-6-1)66(46-25-7-2-8-26-46)49-40-41-52-51-32-15-18-36-56(51)65(58(52)43-49)57-37-19-16-34-55(57)62-50-31-14-13-22-44(50)42-61(63(62)65)67(47-27-9-3-10-28-47)60-39-21-35-54-53-33-17-20-38-59(53)68(64(54)60)48-29-11-4-12-30-48/h1-43H. The number of nitrogens with zero attached hydrogens (tertiary/aromatic N) is 3. The molecule has 3 nitrogen and oxygen atoms in total. The molecule has 0 N–H and O–H groups in total. The number of fused-ring (bicyclic) bond motifs is 15. The summed E-state index contributed by atoms with van der Waals surface area (Å²) in [5.41, 5.74) is 19.7. The first kappa shape index (κ1) is 38.4. The molecule has 0 radical (unpaired) electrons. The third-order valence-corrected chi connectivity index (χ3v) is 14.5. The van der Waals surface area contributed by atoms with Gasteiger partial charge in [-0.1, -0.05) is 182 Å². The number of hydrogen-bond donors (Lipinski definition) is 0. The van der Waals surface area contributed by atoms with E-state index in [4.69, 9.17) is 0 Å². The summed E-state index contributed by atoms with van der Waals surface area (Å²) >= 11 is 0. The van der Waals surface area contributed by atoms with Crippen molar-refractivity contribution >= 4 is 66.7 Å². The average molecular weight is 866 g/mol. The van der Waals surface area contributed by atoms with Crippen LogP contribution in [0.5, 0.6) is 0 Å². The highest BCUT2D eigenvalue weighted by atomic mass is 15.2. The molecule has 0 aliphatic heterocycles. The normalized spacial score (nSPS) is 14.2. The van der Waals surface area contributed by atoms with Crippen molar-refractivity contribution in [2.45, 2.75) is 5.41 Å². The highest BCUT2D eigenvalue weighted by Gasteiger charge is 2.54. The molecular weight excluding hydrogens is 823 g/mol. The van der Waals surface area contributed by atoms with Crippen molar-refractivity contribution in [2.24, 2.45) is 0 Å². The lowest BCUT2D eigenvalue weighted by atomic mass is 9.69. The lowest BCUT2D eigenvalue weighted by Crippen LogP contribution is -2.28. The SMILES string of the molecule is c1ccc(N(c2ccccc2)c2ccc3c(c2)C2(c4ccccc4-3)c3ccccc3-c3c2c(N(c2ccccc2)c2cccc4c5ccccc5n(-c5ccccc5)c24)cc2ccccc32)cc1. The van der Waals surface area contributed by atoms with E-state index in [2.05, 4.69) is 275 Å². The van der Waals surface area contributed by atoms with E-state index in [1.807, 2.05) is 0 Å². The van der Waals surface area contributed by atoms with Crippen LogP contribution in [0.1, 0.15) is 22.3 Å². The maximum Gasteiger partial charge on any atom is 0.0782 e. The van der Waals surface area contributed by atoms with Gasteiger partial charge in [0.25, 0.3) is 0 Å². The van der Waals surface area contributed by atoms with E-state index in [-0.39, 0.29) is 0 Å². The molecule has 14 rings (SSSR count). The van der Waals surface area contributed by atoms with Crippen molar-refractivity contribution in [1.82, 2.24) is 4.57 Å². The Kier molecular flexibility index (Phi) is 8.50. The Morgan fingerprint density at radius 3 is 1.56 bits per heavy atom. The van der Waals surface area contributed by atoms with Crippen LogP contribution in [0.2, 0.25) is 0 Å². The first-order valence-electron chi connectivity index (χ1n) is 23.5. The molecule has 1 heterocycles. The molecule has 1 spiro atoms. The van der Waals surface area contributed by atoms with Crippen LogP contribution in [0.4, 0.5) is 34.1 Å². The minimum atomic E-state index is -0.695. The highest BCUT2D eigenvalue weighted by molar-refractivity contribution is 6.16. The number of rotatable bonds is 7. The predicted octanol–water partition coefficient (Wildman–Crippen LogP) is 17.2. The van der Waals surface area contributed by atoms with Gasteiger partial charge >= 0.3 is 0 Å². The van der Waals surface area contributed by atoms with Crippen LogP contribution in [-0.2, 0) is 5.41 Å². The Morgan fingerprint density at radius 2 is 0.853 bits per heavy atom. The van der Waals surface area contributed by atoms with E-state index < -0.39 is 5.41 Å². The molecule has 0 saturated carbocycles. The molecule has 2 aliphatic rings. The zero-order valence-electron chi connectivity index (χ0n) is 37.2. The smallest absolute Gasteiger partial charge is 0.0782 e. The van der Waals surface area contributed by atoms with Gasteiger partial charge in [0.2, 0.25) is 0 Å². The highest BCUT2D eigenvalue weighted by Crippen LogP contribution is 2.67. The van der Waals surface area contributed by atoms with Gasteiger partial charge in [-0.2, -0.15) is 0 Å². The van der Waals surface area contributed by atoms with Gasteiger partial charge in [0.15, 0.2) is 0 Å². The second-order valence-corrected chi connectivity index (χ2v) is 18.0. The Balaban J connectivity index is 1.15. The topological polar surface area (TPSA) is 11.4 Å². The number of para-hydroxylation sites is 6. The Morgan fingerprint density at radius 1 is 0.324 bits per heavy atom.